The average Bonchev–Trinajstić information content (AvgIpc) is 2.73. The van der Waals surface area contributed by atoms with Crippen LogP contribution in [-0.4, -0.2) is 35.2 Å². The van der Waals surface area contributed by atoms with E-state index in [4.69, 9.17) is 9.47 Å². The van der Waals surface area contributed by atoms with Crippen molar-refractivity contribution >= 4 is 11.8 Å². The number of alkyl halides is 3. The number of nitrogens with one attached hydrogen (secondary N) is 1. The maximum atomic E-state index is 13.0. The highest BCUT2D eigenvalue weighted by Crippen LogP contribution is 2.35. The third-order valence-corrected chi connectivity index (χ3v) is 4.98. The molecule has 1 N–H and O–H groups in total. The lowest BCUT2D eigenvalue weighted by molar-refractivity contribution is -0.137. The summed E-state index contributed by atoms with van der Waals surface area (Å²) >= 11 is 0. The smallest absolute Gasteiger partial charge is 0.416 e. The zero-order valence-electron chi connectivity index (χ0n) is 16.8. The van der Waals surface area contributed by atoms with Crippen LogP contribution in [0.2, 0.25) is 0 Å². The fraction of sp³-hybridized carbons (Fsp3) is 0.476. The first kappa shape index (κ1) is 22.0. The standard InChI is InChI=1S/C21H24F3N3O3/c1-3-29-20(28)18-13(2)19(27-12-26-18)25-11-16-8-5-9-17(30-16)14-6-4-7-15(10-14)21(22,23)24/h4,6-7,10,12,16-17H,3,5,8-9,11H2,1-2H3,(H,25,26,27)/t16-,17+/m1/s1. The third-order valence-electron chi connectivity index (χ3n) is 4.98. The second-order valence-corrected chi connectivity index (χ2v) is 7.10. The van der Waals surface area contributed by atoms with E-state index < -0.39 is 23.8 Å². The minimum atomic E-state index is -4.38. The van der Waals surface area contributed by atoms with Crippen LogP contribution in [-0.2, 0) is 15.7 Å². The Morgan fingerprint density at radius 2 is 2.10 bits per heavy atom. The van der Waals surface area contributed by atoms with E-state index in [0.717, 1.165) is 25.0 Å². The highest BCUT2D eigenvalue weighted by Gasteiger charge is 2.32. The number of halogens is 3. The number of esters is 1. The number of anilines is 1. The first-order valence-corrected chi connectivity index (χ1v) is 9.84. The van der Waals surface area contributed by atoms with Crippen molar-refractivity contribution in [3.05, 3.63) is 53.0 Å². The van der Waals surface area contributed by atoms with Crippen LogP contribution >= 0.6 is 0 Å². The Morgan fingerprint density at radius 3 is 2.83 bits per heavy atom. The molecule has 1 saturated heterocycles. The predicted molar refractivity (Wildman–Crippen MR) is 104 cm³/mol. The summed E-state index contributed by atoms with van der Waals surface area (Å²) in [6, 6.07) is 5.28. The van der Waals surface area contributed by atoms with E-state index in [9.17, 15) is 18.0 Å². The van der Waals surface area contributed by atoms with Gasteiger partial charge in [-0.25, -0.2) is 14.8 Å². The topological polar surface area (TPSA) is 73.3 Å². The summed E-state index contributed by atoms with van der Waals surface area (Å²) in [6.07, 6.45) is -1.41. The molecule has 2 atom stereocenters. The normalized spacial score (nSPS) is 19.4. The molecule has 0 saturated carbocycles. The van der Waals surface area contributed by atoms with E-state index in [1.165, 1.54) is 12.4 Å². The summed E-state index contributed by atoms with van der Waals surface area (Å²) in [5, 5.41) is 3.16. The number of aromatic nitrogens is 2. The summed E-state index contributed by atoms with van der Waals surface area (Å²) in [5.74, 6) is -0.0168. The highest BCUT2D eigenvalue weighted by atomic mass is 19.4. The van der Waals surface area contributed by atoms with Crippen LogP contribution in [0, 0.1) is 6.92 Å². The van der Waals surface area contributed by atoms with E-state index >= 15 is 0 Å². The molecular formula is C21H24F3N3O3. The molecule has 2 aromatic rings. The molecule has 9 heteroatoms. The summed E-state index contributed by atoms with van der Waals surface area (Å²) in [5.41, 5.74) is 0.617. The Labute approximate surface area is 172 Å². The highest BCUT2D eigenvalue weighted by molar-refractivity contribution is 5.90. The van der Waals surface area contributed by atoms with Gasteiger partial charge >= 0.3 is 12.1 Å². The quantitative estimate of drug-likeness (QED) is 0.679. The lowest BCUT2D eigenvalue weighted by Gasteiger charge is -2.31. The molecular weight excluding hydrogens is 399 g/mol. The number of nitrogens with zero attached hydrogens (tertiary/aromatic N) is 2. The molecule has 0 aliphatic carbocycles. The summed E-state index contributed by atoms with van der Waals surface area (Å²) in [4.78, 5) is 20.1. The fourth-order valence-electron chi connectivity index (χ4n) is 3.45. The molecule has 30 heavy (non-hydrogen) atoms. The van der Waals surface area contributed by atoms with E-state index in [1.807, 2.05) is 0 Å². The van der Waals surface area contributed by atoms with Crippen molar-refractivity contribution in [3.8, 4) is 0 Å². The van der Waals surface area contributed by atoms with E-state index in [-0.39, 0.29) is 18.4 Å². The van der Waals surface area contributed by atoms with Gasteiger partial charge in [0, 0.05) is 12.1 Å². The van der Waals surface area contributed by atoms with Crippen molar-refractivity contribution in [3.63, 3.8) is 0 Å². The first-order chi connectivity index (χ1) is 14.3. The molecule has 0 radical (unpaired) electrons. The molecule has 0 unspecified atom stereocenters. The van der Waals surface area contributed by atoms with Crippen molar-refractivity contribution in [1.82, 2.24) is 9.97 Å². The van der Waals surface area contributed by atoms with Gasteiger partial charge in [-0.15, -0.1) is 0 Å². The summed E-state index contributed by atoms with van der Waals surface area (Å²) in [6.45, 7) is 4.10. The number of hydrogen-bond donors (Lipinski definition) is 1. The largest absolute Gasteiger partial charge is 0.461 e. The number of ether oxygens (including phenoxy) is 2. The van der Waals surface area contributed by atoms with Crippen LogP contribution in [0.25, 0.3) is 0 Å². The Balaban J connectivity index is 1.65. The van der Waals surface area contributed by atoms with E-state index in [1.54, 1.807) is 19.9 Å². The van der Waals surface area contributed by atoms with Crippen LogP contribution in [0.15, 0.2) is 30.6 Å². The maximum Gasteiger partial charge on any atom is 0.416 e. The molecule has 0 amide bonds. The van der Waals surface area contributed by atoms with Crippen LogP contribution in [0.3, 0.4) is 0 Å². The van der Waals surface area contributed by atoms with Crippen molar-refractivity contribution in [1.29, 1.82) is 0 Å². The number of rotatable bonds is 6. The van der Waals surface area contributed by atoms with Crippen molar-refractivity contribution < 1.29 is 27.4 Å². The molecule has 2 heterocycles. The zero-order chi connectivity index (χ0) is 21.7. The van der Waals surface area contributed by atoms with E-state index in [0.29, 0.717) is 29.9 Å². The summed E-state index contributed by atoms with van der Waals surface area (Å²) < 4.78 is 50.0. The third kappa shape index (κ3) is 5.27. The molecule has 1 aliphatic heterocycles. The van der Waals surface area contributed by atoms with Gasteiger partial charge in [-0.3, -0.25) is 0 Å². The zero-order valence-corrected chi connectivity index (χ0v) is 16.8. The second kappa shape index (κ2) is 9.42. The number of carbonyl (C=O) groups is 1. The number of hydrogen-bond acceptors (Lipinski definition) is 6. The van der Waals surface area contributed by atoms with Gasteiger partial charge in [0.25, 0.3) is 0 Å². The molecule has 0 spiro atoms. The minimum absolute atomic E-state index is 0.195. The molecule has 1 aromatic heterocycles. The molecule has 162 valence electrons. The first-order valence-electron chi connectivity index (χ1n) is 9.84. The lowest BCUT2D eigenvalue weighted by atomic mass is 9.97. The van der Waals surface area contributed by atoms with Gasteiger partial charge in [-0.2, -0.15) is 13.2 Å². The van der Waals surface area contributed by atoms with Gasteiger partial charge in [-0.05, 0) is 50.8 Å². The van der Waals surface area contributed by atoms with Gasteiger partial charge < -0.3 is 14.8 Å². The minimum Gasteiger partial charge on any atom is -0.461 e. The van der Waals surface area contributed by atoms with Gasteiger partial charge in [-0.1, -0.05) is 12.1 Å². The van der Waals surface area contributed by atoms with Crippen molar-refractivity contribution in [2.45, 2.75) is 51.5 Å². The Morgan fingerprint density at radius 1 is 1.30 bits per heavy atom. The SMILES string of the molecule is CCOC(=O)c1ncnc(NC[C@H]2CCC[C@@H](c3cccc(C(F)(F)F)c3)O2)c1C. The monoisotopic (exact) mass is 423 g/mol. The Hall–Kier alpha value is -2.68. The van der Waals surface area contributed by atoms with Crippen molar-refractivity contribution in [2.75, 3.05) is 18.5 Å². The van der Waals surface area contributed by atoms with Gasteiger partial charge in [0.05, 0.1) is 24.4 Å². The molecule has 6 nitrogen and oxygen atoms in total. The Bertz CT molecular complexity index is 889. The number of carbonyl (C=O) groups excluding carboxylic acids is 1. The molecule has 1 fully saturated rings. The van der Waals surface area contributed by atoms with Crippen LogP contribution in [0.5, 0.6) is 0 Å². The van der Waals surface area contributed by atoms with Crippen molar-refractivity contribution in [2.24, 2.45) is 0 Å². The molecule has 0 bridgehead atoms. The van der Waals surface area contributed by atoms with Gasteiger partial charge in [0.15, 0.2) is 5.69 Å². The predicted octanol–water partition coefficient (Wildman–Crippen LogP) is 4.70. The van der Waals surface area contributed by atoms with Crippen LogP contribution in [0.4, 0.5) is 19.0 Å². The van der Waals surface area contributed by atoms with Gasteiger partial charge in [0.2, 0.25) is 0 Å². The molecule has 1 aromatic carbocycles. The van der Waals surface area contributed by atoms with Crippen LogP contribution in [0.1, 0.15) is 59.5 Å². The average molecular weight is 423 g/mol. The summed E-state index contributed by atoms with van der Waals surface area (Å²) in [7, 11) is 0. The van der Waals surface area contributed by atoms with E-state index in [2.05, 4.69) is 15.3 Å². The maximum absolute atomic E-state index is 13.0. The van der Waals surface area contributed by atoms with Crippen LogP contribution < -0.4 is 5.32 Å². The molecule has 3 rings (SSSR count). The second-order valence-electron chi connectivity index (χ2n) is 7.10. The molecule has 1 aliphatic rings. The lowest BCUT2D eigenvalue weighted by Crippen LogP contribution is -2.29. The Kier molecular flexibility index (Phi) is 6.91. The van der Waals surface area contributed by atoms with Gasteiger partial charge in [0.1, 0.15) is 12.1 Å². The number of benzene rings is 1. The fourth-order valence-corrected chi connectivity index (χ4v) is 3.45.